The second-order valence-corrected chi connectivity index (χ2v) is 7.66. The maximum Gasteiger partial charge on any atom is 0.190 e. The van der Waals surface area contributed by atoms with Crippen LogP contribution in [0.4, 0.5) is 0 Å². The van der Waals surface area contributed by atoms with Crippen molar-refractivity contribution in [3.05, 3.63) is 12.2 Å². The van der Waals surface area contributed by atoms with Crippen molar-refractivity contribution in [3.63, 3.8) is 0 Å². The molecular weight excluding hydrogens is 332 g/mol. The van der Waals surface area contributed by atoms with Crippen LogP contribution in [0.2, 0.25) is 0 Å². The predicted molar refractivity (Wildman–Crippen MR) is 83.4 cm³/mol. The lowest BCUT2D eigenvalue weighted by atomic mass is 9.99. The predicted octanol–water partition coefficient (Wildman–Crippen LogP) is 0.673. The molecule has 3 saturated heterocycles. The van der Waals surface area contributed by atoms with Crippen molar-refractivity contribution in [1.82, 2.24) is 0 Å². The smallest absolute Gasteiger partial charge is 0.190 e. The molecule has 4 rings (SSSR count). The van der Waals surface area contributed by atoms with Crippen LogP contribution < -0.4 is 0 Å². The lowest BCUT2D eigenvalue weighted by Gasteiger charge is -2.38. The molecule has 4 aliphatic rings. The van der Waals surface area contributed by atoms with E-state index < -0.39 is 36.4 Å². The van der Waals surface area contributed by atoms with Crippen molar-refractivity contribution in [3.8, 4) is 0 Å². The van der Waals surface area contributed by atoms with E-state index in [0.717, 1.165) is 0 Å². The van der Waals surface area contributed by atoms with Crippen LogP contribution in [0.5, 0.6) is 0 Å². The van der Waals surface area contributed by atoms with Gasteiger partial charge < -0.3 is 38.3 Å². The first-order valence-electron chi connectivity index (χ1n) is 8.69. The van der Waals surface area contributed by atoms with E-state index in [9.17, 15) is 5.11 Å². The molecular formula is C17H26O8. The van der Waals surface area contributed by atoms with Crippen LogP contribution in [0, 0.1) is 0 Å². The number of rotatable bonds is 3. The summed E-state index contributed by atoms with van der Waals surface area (Å²) in [6.07, 6.45) is -0.135. The summed E-state index contributed by atoms with van der Waals surface area (Å²) in [5, 5.41) is 9.91. The molecule has 0 aromatic heterocycles. The molecule has 4 heterocycles. The number of aliphatic hydroxyl groups is 1. The Kier molecular flexibility index (Phi) is 4.45. The SMILES string of the molecule is CC1(C)O[C@H]2[C@@H](O1)[C@@H](CO[C@H]1OCC=C[C@@H]1O)O[C@@H]1OC(C)(C)O[C@@H]12. The summed E-state index contributed by atoms with van der Waals surface area (Å²) >= 11 is 0. The van der Waals surface area contributed by atoms with Crippen LogP contribution in [-0.4, -0.2) is 73.0 Å². The molecule has 0 aromatic rings. The van der Waals surface area contributed by atoms with Crippen molar-refractivity contribution < 1.29 is 38.3 Å². The highest BCUT2D eigenvalue weighted by molar-refractivity contribution is 5.00. The molecule has 0 spiro atoms. The molecule has 142 valence electrons. The molecule has 8 nitrogen and oxygen atoms in total. The zero-order valence-electron chi connectivity index (χ0n) is 14.9. The Hall–Kier alpha value is -0.580. The Balaban J connectivity index is 1.47. The molecule has 25 heavy (non-hydrogen) atoms. The molecule has 1 N–H and O–H groups in total. The van der Waals surface area contributed by atoms with E-state index >= 15 is 0 Å². The molecule has 3 fully saturated rings. The van der Waals surface area contributed by atoms with Gasteiger partial charge in [0.15, 0.2) is 24.2 Å². The third kappa shape index (κ3) is 3.50. The van der Waals surface area contributed by atoms with Gasteiger partial charge in [-0.15, -0.1) is 0 Å². The van der Waals surface area contributed by atoms with Crippen LogP contribution in [0.15, 0.2) is 12.2 Å². The van der Waals surface area contributed by atoms with Gasteiger partial charge in [0.05, 0.1) is 13.2 Å². The maximum absolute atomic E-state index is 9.91. The third-order valence-electron chi connectivity index (χ3n) is 4.64. The highest BCUT2D eigenvalue weighted by Crippen LogP contribution is 2.44. The van der Waals surface area contributed by atoms with E-state index in [2.05, 4.69) is 0 Å². The van der Waals surface area contributed by atoms with Gasteiger partial charge in [-0.25, -0.2) is 0 Å². The fraction of sp³-hybridized carbons (Fsp3) is 0.882. The number of fused-ring (bicyclic) bond motifs is 3. The molecule has 0 aromatic carbocycles. The lowest BCUT2D eigenvalue weighted by Crippen LogP contribution is -2.56. The molecule has 4 aliphatic heterocycles. The minimum Gasteiger partial charge on any atom is -0.384 e. The highest BCUT2D eigenvalue weighted by Gasteiger charge is 2.60. The Morgan fingerprint density at radius 2 is 1.68 bits per heavy atom. The summed E-state index contributed by atoms with van der Waals surface area (Å²) in [4.78, 5) is 0. The first-order chi connectivity index (χ1) is 11.7. The Morgan fingerprint density at radius 1 is 1.00 bits per heavy atom. The first-order valence-corrected chi connectivity index (χ1v) is 8.69. The van der Waals surface area contributed by atoms with Gasteiger partial charge in [-0.1, -0.05) is 12.2 Å². The van der Waals surface area contributed by atoms with Crippen LogP contribution in [0.1, 0.15) is 27.7 Å². The summed E-state index contributed by atoms with van der Waals surface area (Å²) in [6, 6.07) is 0. The lowest BCUT2D eigenvalue weighted by molar-refractivity contribution is -0.262. The van der Waals surface area contributed by atoms with E-state index in [1.807, 2.05) is 27.7 Å². The van der Waals surface area contributed by atoms with Crippen molar-refractivity contribution in [2.45, 2.75) is 82.4 Å². The Labute approximate surface area is 146 Å². The number of hydrogen-bond donors (Lipinski definition) is 1. The minimum absolute atomic E-state index is 0.184. The van der Waals surface area contributed by atoms with Crippen LogP contribution in [0.25, 0.3) is 0 Å². The van der Waals surface area contributed by atoms with E-state index in [1.165, 1.54) is 0 Å². The molecule has 0 bridgehead atoms. The summed E-state index contributed by atoms with van der Waals surface area (Å²) in [7, 11) is 0. The van der Waals surface area contributed by atoms with Gasteiger partial charge >= 0.3 is 0 Å². The quantitative estimate of drug-likeness (QED) is 0.737. The first kappa shape index (κ1) is 17.8. The molecule has 0 amide bonds. The van der Waals surface area contributed by atoms with E-state index in [4.69, 9.17) is 33.2 Å². The van der Waals surface area contributed by atoms with Gasteiger partial charge in [0.2, 0.25) is 0 Å². The van der Waals surface area contributed by atoms with E-state index in [0.29, 0.717) is 6.61 Å². The van der Waals surface area contributed by atoms with Gasteiger partial charge in [0, 0.05) is 0 Å². The van der Waals surface area contributed by atoms with Crippen molar-refractivity contribution >= 4 is 0 Å². The standard InChI is InChI=1S/C17H26O8/c1-16(2)22-11-10(8-20-14-9(18)6-5-7-19-14)21-15-13(12(11)23-16)24-17(3,4)25-15/h5-6,9-15,18H,7-8H2,1-4H3/t9-,10+,11-,12-,13+,14+,15+/m0/s1. The van der Waals surface area contributed by atoms with E-state index in [1.54, 1.807) is 12.2 Å². The summed E-state index contributed by atoms with van der Waals surface area (Å²) < 4.78 is 41.1. The maximum atomic E-state index is 9.91. The van der Waals surface area contributed by atoms with Gasteiger partial charge in [-0.05, 0) is 27.7 Å². The zero-order chi connectivity index (χ0) is 17.8. The van der Waals surface area contributed by atoms with Crippen molar-refractivity contribution in [2.75, 3.05) is 13.2 Å². The molecule has 0 saturated carbocycles. The number of ether oxygens (including phenoxy) is 7. The molecule has 7 atom stereocenters. The minimum atomic E-state index is -0.803. The average molecular weight is 358 g/mol. The Morgan fingerprint density at radius 3 is 2.44 bits per heavy atom. The number of hydrogen-bond acceptors (Lipinski definition) is 8. The Bertz CT molecular complexity index is 533. The topological polar surface area (TPSA) is 84.8 Å². The van der Waals surface area contributed by atoms with Gasteiger partial charge in [0.1, 0.15) is 30.5 Å². The van der Waals surface area contributed by atoms with Crippen molar-refractivity contribution in [2.24, 2.45) is 0 Å². The number of aliphatic hydroxyl groups excluding tert-OH is 1. The summed E-state index contributed by atoms with van der Waals surface area (Å²) in [5.41, 5.74) is 0. The van der Waals surface area contributed by atoms with Crippen molar-refractivity contribution in [1.29, 1.82) is 0 Å². The second-order valence-electron chi connectivity index (χ2n) is 7.66. The largest absolute Gasteiger partial charge is 0.384 e. The summed E-state index contributed by atoms with van der Waals surface area (Å²) in [5.74, 6) is -1.50. The third-order valence-corrected chi connectivity index (χ3v) is 4.64. The van der Waals surface area contributed by atoms with Gasteiger partial charge in [0.25, 0.3) is 0 Å². The second kappa shape index (κ2) is 6.24. The fourth-order valence-electron chi connectivity index (χ4n) is 3.70. The summed E-state index contributed by atoms with van der Waals surface area (Å²) in [6.45, 7) is 7.99. The monoisotopic (exact) mass is 358 g/mol. The normalized spacial score (nSPS) is 47.5. The average Bonchev–Trinajstić information content (AvgIpc) is 3.00. The molecule has 0 radical (unpaired) electrons. The molecule has 0 unspecified atom stereocenters. The van der Waals surface area contributed by atoms with E-state index in [-0.39, 0.29) is 24.9 Å². The van der Waals surface area contributed by atoms with Crippen LogP contribution in [0.3, 0.4) is 0 Å². The fourth-order valence-corrected chi connectivity index (χ4v) is 3.70. The van der Waals surface area contributed by atoms with Crippen LogP contribution in [-0.2, 0) is 33.2 Å². The highest BCUT2D eigenvalue weighted by atomic mass is 16.9. The molecule has 0 aliphatic carbocycles. The zero-order valence-corrected chi connectivity index (χ0v) is 14.9. The van der Waals surface area contributed by atoms with Gasteiger partial charge in [-0.2, -0.15) is 0 Å². The van der Waals surface area contributed by atoms with Crippen LogP contribution >= 0.6 is 0 Å². The molecule has 8 heteroatoms. The van der Waals surface area contributed by atoms with Gasteiger partial charge in [-0.3, -0.25) is 0 Å².